The molecule has 0 atom stereocenters. The Hall–Kier alpha value is -1.00. The summed E-state index contributed by atoms with van der Waals surface area (Å²) in [6, 6.07) is 2.61. The second-order valence-corrected chi connectivity index (χ2v) is 5.57. The van der Waals surface area contributed by atoms with Crippen molar-refractivity contribution in [1.82, 2.24) is 20.2 Å². The first-order chi connectivity index (χ1) is 8.90. The Morgan fingerprint density at radius 2 is 1.83 bits per heavy atom. The third kappa shape index (κ3) is 3.50. The number of aromatic nitrogens is 2. The summed E-state index contributed by atoms with van der Waals surface area (Å²) in [6.07, 6.45) is 9.06. The molecular formula is C14H22N4. The number of piperidine rings is 1. The SMILES string of the molecule is c1cnc(CN2CCC(NCC3CC3)CC2)nc1. The average Bonchev–Trinajstić information content (AvgIpc) is 3.23. The molecule has 98 valence electrons. The number of rotatable bonds is 5. The Morgan fingerprint density at radius 1 is 1.11 bits per heavy atom. The van der Waals surface area contributed by atoms with Crippen LogP contribution >= 0.6 is 0 Å². The molecule has 0 spiro atoms. The molecule has 4 heteroatoms. The smallest absolute Gasteiger partial charge is 0.142 e. The molecule has 0 radical (unpaired) electrons. The largest absolute Gasteiger partial charge is 0.314 e. The standard InChI is InChI=1S/C14H22N4/c1-6-15-14(16-7-1)11-18-8-4-13(5-9-18)17-10-12-2-3-12/h1,6-7,12-13,17H,2-5,8-11H2. The van der Waals surface area contributed by atoms with Crippen molar-refractivity contribution < 1.29 is 0 Å². The third-order valence-corrected chi connectivity index (χ3v) is 3.96. The van der Waals surface area contributed by atoms with E-state index in [9.17, 15) is 0 Å². The number of hydrogen-bond donors (Lipinski definition) is 1. The Bertz CT molecular complexity index is 355. The van der Waals surface area contributed by atoms with Gasteiger partial charge in [0.15, 0.2) is 0 Å². The summed E-state index contributed by atoms with van der Waals surface area (Å²) < 4.78 is 0. The lowest BCUT2D eigenvalue weighted by Gasteiger charge is -2.32. The molecule has 2 heterocycles. The zero-order valence-corrected chi connectivity index (χ0v) is 10.9. The molecular weight excluding hydrogens is 224 g/mol. The maximum absolute atomic E-state index is 4.29. The summed E-state index contributed by atoms with van der Waals surface area (Å²) >= 11 is 0. The van der Waals surface area contributed by atoms with Gasteiger partial charge in [0.2, 0.25) is 0 Å². The number of hydrogen-bond acceptors (Lipinski definition) is 4. The molecule has 0 bridgehead atoms. The molecule has 1 saturated carbocycles. The fourth-order valence-electron chi connectivity index (χ4n) is 2.56. The molecule has 4 nitrogen and oxygen atoms in total. The molecule has 0 aromatic carbocycles. The Balaban J connectivity index is 1.39. The highest BCUT2D eigenvalue weighted by Crippen LogP contribution is 2.28. The van der Waals surface area contributed by atoms with Gasteiger partial charge >= 0.3 is 0 Å². The van der Waals surface area contributed by atoms with E-state index in [0.717, 1.165) is 24.3 Å². The molecule has 0 unspecified atom stereocenters. The Kier molecular flexibility index (Phi) is 3.86. The van der Waals surface area contributed by atoms with Crippen molar-refractivity contribution in [3.05, 3.63) is 24.3 Å². The van der Waals surface area contributed by atoms with E-state index in [2.05, 4.69) is 20.2 Å². The second kappa shape index (κ2) is 5.76. The number of nitrogens with zero attached hydrogens (tertiary/aromatic N) is 3. The van der Waals surface area contributed by atoms with Gasteiger partial charge in [0.05, 0.1) is 6.54 Å². The quantitative estimate of drug-likeness (QED) is 0.853. The number of nitrogens with one attached hydrogen (secondary N) is 1. The topological polar surface area (TPSA) is 41.1 Å². The van der Waals surface area contributed by atoms with Gasteiger partial charge in [-0.15, -0.1) is 0 Å². The minimum absolute atomic E-state index is 0.735. The lowest BCUT2D eigenvalue weighted by molar-refractivity contribution is 0.186. The van der Waals surface area contributed by atoms with Crippen LogP contribution in [0.2, 0.25) is 0 Å². The minimum atomic E-state index is 0.735. The highest BCUT2D eigenvalue weighted by Gasteiger charge is 2.24. The highest BCUT2D eigenvalue weighted by molar-refractivity contribution is 4.90. The van der Waals surface area contributed by atoms with Crippen LogP contribution in [0.4, 0.5) is 0 Å². The van der Waals surface area contributed by atoms with Gasteiger partial charge in [0.1, 0.15) is 5.82 Å². The van der Waals surface area contributed by atoms with E-state index in [0.29, 0.717) is 0 Å². The van der Waals surface area contributed by atoms with Crippen LogP contribution in [0.5, 0.6) is 0 Å². The van der Waals surface area contributed by atoms with Crippen molar-refractivity contribution in [2.24, 2.45) is 5.92 Å². The predicted octanol–water partition coefficient (Wildman–Crippen LogP) is 1.44. The van der Waals surface area contributed by atoms with E-state index < -0.39 is 0 Å². The Labute approximate surface area is 109 Å². The van der Waals surface area contributed by atoms with Crippen LogP contribution in [-0.4, -0.2) is 40.5 Å². The maximum Gasteiger partial charge on any atom is 0.142 e. The van der Waals surface area contributed by atoms with E-state index in [1.807, 2.05) is 18.5 Å². The third-order valence-electron chi connectivity index (χ3n) is 3.96. The van der Waals surface area contributed by atoms with Crippen molar-refractivity contribution in [2.75, 3.05) is 19.6 Å². The molecule has 1 aliphatic heterocycles. The maximum atomic E-state index is 4.29. The second-order valence-electron chi connectivity index (χ2n) is 5.57. The fraction of sp³-hybridized carbons (Fsp3) is 0.714. The lowest BCUT2D eigenvalue weighted by atomic mass is 10.0. The Morgan fingerprint density at radius 3 is 2.50 bits per heavy atom. The summed E-state index contributed by atoms with van der Waals surface area (Å²) in [5.41, 5.74) is 0. The monoisotopic (exact) mass is 246 g/mol. The normalized spacial score (nSPS) is 22.2. The van der Waals surface area contributed by atoms with Crippen LogP contribution in [-0.2, 0) is 6.54 Å². The van der Waals surface area contributed by atoms with Gasteiger partial charge in [0.25, 0.3) is 0 Å². The van der Waals surface area contributed by atoms with E-state index in [1.165, 1.54) is 45.3 Å². The number of likely N-dealkylation sites (tertiary alicyclic amines) is 1. The van der Waals surface area contributed by atoms with E-state index in [1.54, 1.807) is 0 Å². The predicted molar refractivity (Wildman–Crippen MR) is 71.1 cm³/mol. The van der Waals surface area contributed by atoms with Gasteiger partial charge in [0, 0.05) is 31.5 Å². The van der Waals surface area contributed by atoms with Gasteiger partial charge in [-0.3, -0.25) is 4.90 Å². The zero-order valence-electron chi connectivity index (χ0n) is 10.9. The average molecular weight is 246 g/mol. The molecule has 1 aromatic rings. The van der Waals surface area contributed by atoms with Crippen molar-refractivity contribution in [3.8, 4) is 0 Å². The minimum Gasteiger partial charge on any atom is -0.314 e. The van der Waals surface area contributed by atoms with E-state index in [-0.39, 0.29) is 0 Å². The van der Waals surface area contributed by atoms with Crippen molar-refractivity contribution in [3.63, 3.8) is 0 Å². The molecule has 3 rings (SSSR count). The van der Waals surface area contributed by atoms with E-state index >= 15 is 0 Å². The van der Waals surface area contributed by atoms with Crippen LogP contribution in [0.25, 0.3) is 0 Å². The first-order valence-electron chi connectivity index (χ1n) is 7.12. The summed E-state index contributed by atoms with van der Waals surface area (Å²) in [7, 11) is 0. The fourth-order valence-corrected chi connectivity index (χ4v) is 2.56. The zero-order chi connectivity index (χ0) is 12.2. The van der Waals surface area contributed by atoms with Crippen LogP contribution < -0.4 is 5.32 Å². The van der Waals surface area contributed by atoms with Crippen LogP contribution in [0.1, 0.15) is 31.5 Å². The first kappa shape index (κ1) is 12.1. The van der Waals surface area contributed by atoms with Gasteiger partial charge in [-0.05, 0) is 44.2 Å². The molecule has 2 fully saturated rings. The van der Waals surface area contributed by atoms with Crippen molar-refractivity contribution in [2.45, 2.75) is 38.3 Å². The summed E-state index contributed by atoms with van der Waals surface area (Å²) in [5, 5.41) is 3.71. The van der Waals surface area contributed by atoms with E-state index in [4.69, 9.17) is 0 Å². The van der Waals surface area contributed by atoms with Gasteiger partial charge in [-0.2, -0.15) is 0 Å². The van der Waals surface area contributed by atoms with Crippen molar-refractivity contribution in [1.29, 1.82) is 0 Å². The molecule has 1 aliphatic carbocycles. The van der Waals surface area contributed by atoms with Crippen LogP contribution in [0, 0.1) is 5.92 Å². The van der Waals surface area contributed by atoms with Gasteiger partial charge in [-0.25, -0.2) is 9.97 Å². The molecule has 1 N–H and O–H groups in total. The summed E-state index contributed by atoms with van der Waals surface area (Å²) in [6.45, 7) is 4.48. The summed E-state index contributed by atoms with van der Waals surface area (Å²) in [4.78, 5) is 11.0. The molecule has 1 saturated heterocycles. The van der Waals surface area contributed by atoms with Crippen LogP contribution in [0.15, 0.2) is 18.5 Å². The van der Waals surface area contributed by atoms with Crippen LogP contribution in [0.3, 0.4) is 0 Å². The molecule has 1 aromatic heterocycles. The molecule has 0 amide bonds. The van der Waals surface area contributed by atoms with Crippen molar-refractivity contribution >= 4 is 0 Å². The summed E-state index contributed by atoms with van der Waals surface area (Å²) in [5.74, 6) is 1.93. The molecule has 2 aliphatic rings. The highest BCUT2D eigenvalue weighted by atomic mass is 15.2. The first-order valence-corrected chi connectivity index (χ1v) is 7.12. The van der Waals surface area contributed by atoms with Gasteiger partial charge < -0.3 is 5.32 Å². The molecule has 18 heavy (non-hydrogen) atoms. The lowest BCUT2D eigenvalue weighted by Crippen LogP contribution is -2.42. The van der Waals surface area contributed by atoms with Gasteiger partial charge in [-0.1, -0.05) is 0 Å².